The molecule has 0 aliphatic carbocycles. The van der Waals surface area contributed by atoms with Gasteiger partial charge in [0.15, 0.2) is 0 Å². The van der Waals surface area contributed by atoms with Crippen LogP contribution in [0, 0.1) is 0 Å². The molecular weight excluding hydrogens is 260 g/mol. The van der Waals surface area contributed by atoms with E-state index < -0.39 is 0 Å². The molecule has 1 aliphatic heterocycles. The molecule has 0 unspecified atom stereocenters. The second-order valence-corrected chi connectivity index (χ2v) is 5.34. The van der Waals surface area contributed by atoms with Gasteiger partial charge in [-0.25, -0.2) is 0 Å². The lowest BCUT2D eigenvalue weighted by Gasteiger charge is -2.13. The first kappa shape index (κ1) is 12.1. The first-order chi connectivity index (χ1) is 9.33. The number of thiophene rings is 1. The number of amides is 1. The van der Waals surface area contributed by atoms with E-state index in [1.54, 1.807) is 12.4 Å². The first-order valence-corrected chi connectivity index (χ1v) is 6.89. The van der Waals surface area contributed by atoms with Crippen LogP contribution in [0.4, 0.5) is 5.00 Å². The van der Waals surface area contributed by atoms with Gasteiger partial charge in [-0.3, -0.25) is 15.1 Å². The summed E-state index contributed by atoms with van der Waals surface area (Å²) in [4.78, 5) is 16.8. The second kappa shape index (κ2) is 5.38. The summed E-state index contributed by atoms with van der Waals surface area (Å²) in [6.45, 7) is 2.09. The van der Waals surface area contributed by atoms with Crippen LogP contribution in [-0.4, -0.2) is 17.6 Å². The summed E-state index contributed by atoms with van der Waals surface area (Å²) in [6, 6.07) is 5.73. The molecule has 0 spiro atoms. The standard InChI is InChI=1S/C13H14N4OS/c18-12(16-6-9-1-3-14-4-2-9)11-5-10-7-15-8-17-13(10)19-11/h1-5,15,17H,6-8H2,(H,16,18). The molecule has 3 rings (SSSR count). The highest BCUT2D eigenvalue weighted by atomic mass is 32.1. The molecule has 1 aliphatic rings. The van der Waals surface area contributed by atoms with Crippen LogP contribution in [0.5, 0.6) is 0 Å². The van der Waals surface area contributed by atoms with Crippen LogP contribution < -0.4 is 16.0 Å². The third kappa shape index (κ3) is 2.74. The second-order valence-electron chi connectivity index (χ2n) is 4.28. The van der Waals surface area contributed by atoms with Crippen LogP contribution in [0.3, 0.4) is 0 Å². The van der Waals surface area contributed by atoms with Gasteiger partial charge in [0.1, 0.15) is 0 Å². The van der Waals surface area contributed by atoms with Gasteiger partial charge in [0, 0.05) is 31.0 Å². The van der Waals surface area contributed by atoms with Gasteiger partial charge in [-0.1, -0.05) is 0 Å². The van der Waals surface area contributed by atoms with Crippen molar-refractivity contribution < 1.29 is 4.79 Å². The summed E-state index contributed by atoms with van der Waals surface area (Å²) in [6.07, 6.45) is 3.45. The van der Waals surface area contributed by atoms with Gasteiger partial charge in [0.25, 0.3) is 5.91 Å². The van der Waals surface area contributed by atoms with Crippen molar-refractivity contribution in [3.8, 4) is 0 Å². The summed E-state index contributed by atoms with van der Waals surface area (Å²) < 4.78 is 0. The number of nitrogens with one attached hydrogen (secondary N) is 3. The summed E-state index contributed by atoms with van der Waals surface area (Å²) in [5, 5.41) is 10.4. The minimum absolute atomic E-state index is 0.0296. The number of pyridine rings is 1. The highest BCUT2D eigenvalue weighted by Gasteiger charge is 2.16. The SMILES string of the molecule is O=C(NCc1ccncc1)c1cc2c(s1)NCNC2. The van der Waals surface area contributed by atoms with Crippen LogP contribution in [0.15, 0.2) is 30.6 Å². The fourth-order valence-electron chi connectivity index (χ4n) is 1.93. The van der Waals surface area contributed by atoms with Crippen LogP contribution in [0.1, 0.15) is 20.8 Å². The summed E-state index contributed by atoms with van der Waals surface area (Å²) in [5.74, 6) is -0.0296. The molecule has 0 aromatic carbocycles. The topological polar surface area (TPSA) is 66.0 Å². The molecular formula is C13H14N4OS. The number of hydrogen-bond donors (Lipinski definition) is 3. The summed E-state index contributed by atoms with van der Waals surface area (Å²) in [7, 11) is 0. The lowest BCUT2D eigenvalue weighted by molar-refractivity contribution is 0.0955. The van der Waals surface area contributed by atoms with E-state index in [4.69, 9.17) is 0 Å². The number of rotatable bonds is 3. The quantitative estimate of drug-likeness (QED) is 0.794. The molecule has 1 amide bonds. The molecule has 0 saturated heterocycles. The van der Waals surface area contributed by atoms with E-state index in [9.17, 15) is 4.79 Å². The molecule has 5 nitrogen and oxygen atoms in total. The van der Waals surface area contributed by atoms with Crippen molar-refractivity contribution in [1.82, 2.24) is 15.6 Å². The summed E-state index contributed by atoms with van der Waals surface area (Å²) >= 11 is 1.50. The predicted molar refractivity (Wildman–Crippen MR) is 75.1 cm³/mol. The normalized spacial score (nSPS) is 13.5. The average molecular weight is 274 g/mol. The monoisotopic (exact) mass is 274 g/mol. The van der Waals surface area contributed by atoms with Crippen molar-refractivity contribution in [2.45, 2.75) is 13.1 Å². The Hall–Kier alpha value is -1.92. The smallest absolute Gasteiger partial charge is 0.261 e. The highest BCUT2D eigenvalue weighted by Crippen LogP contribution is 2.29. The van der Waals surface area contributed by atoms with Crippen LogP contribution >= 0.6 is 11.3 Å². The van der Waals surface area contributed by atoms with Crippen molar-refractivity contribution in [2.75, 3.05) is 12.0 Å². The number of carbonyl (C=O) groups excluding carboxylic acids is 1. The van der Waals surface area contributed by atoms with E-state index in [0.717, 1.165) is 34.2 Å². The largest absolute Gasteiger partial charge is 0.364 e. The minimum atomic E-state index is -0.0296. The van der Waals surface area contributed by atoms with Gasteiger partial charge in [-0.05, 0) is 23.8 Å². The first-order valence-electron chi connectivity index (χ1n) is 6.07. The summed E-state index contributed by atoms with van der Waals surface area (Å²) in [5.41, 5.74) is 2.20. The molecule has 0 atom stereocenters. The fourth-order valence-corrected chi connectivity index (χ4v) is 2.92. The van der Waals surface area contributed by atoms with Gasteiger partial charge >= 0.3 is 0 Å². The van der Waals surface area contributed by atoms with Crippen LogP contribution in [0.25, 0.3) is 0 Å². The zero-order valence-corrected chi connectivity index (χ0v) is 11.1. The van der Waals surface area contributed by atoms with E-state index in [1.807, 2.05) is 18.2 Å². The third-order valence-electron chi connectivity index (χ3n) is 2.92. The number of fused-ring (bicyclic) bond motifs is 1. The highest BCUT2D eigenvalue weighted by molar-refractivity contribution is 7.18. The Morgan fingerprint density at radius 3 is 3.05 bits per heavy atom. The van der Waals surface area contributed by atoms with Gasteiger partial charge < -0.3 is 10.6 Å². The number of carbonyl (C=O) groups is 1. The molecule has 0 fully saturated rings. The van der Waals surface area contributed by atoms with E-state index in [0.29, 0.717) is 6.54 Å². The van der Waals surface area contributed by atoms with Gasteiger partial charge in [-0.2, -0.15) is 0 Å². The molecule has 3 heterocycles. The lowest BCUT2D eigenvalue weighted by Crippen LogP contribution is -2.26. The zero-order valence-electron chi connectivity index (χ0n) is 10.3. The third-order valence-corrected chi connectivity index (χ3v) is 4.06. The van der Waals surface area contributed by atoms with E-state index in [1.165, 1.54) is 11.3 Å². The maximum Gasteiger partial charge on any atom is 0.261 e. The Morgan fingerprint density at radius 1 is 1.42 bits per heavy atom. The Balaban J connectivity index is 1.65. The molecule has 98 valence electrons. The number of aromatic nitrogens is 1. The Bertz CT molecular complexity index is 558. The molecule has 0 radical (unpaired) electrons. The maximum absolute atomic E-state index is 12.1. The fraction of sp³-hybridized carbons (Fsp3) is 0.231. The van der Waals surface area contributed by atoms with Gasteiger partial charge in [0.2, 0.25) is 0 Å². The zero-order chi connectivity index (χ0) is 13.1. The van der Waals surface area contributed by atoms with Crippen molar-refractivity contribution in [1.29, 1.82) is 0 Å². The minimum Gasteiger partial charge on any atom is -0.364 e. The van der Waals surface area contributed by atoms with Crippen molar-refractivity contribution >= 4 is 22.2 Å². The van der Waals surface area contributed by atoms with E-state index in [2.05, 4.69) is 20.9 Å². The van der Waals surface area contributed by atoms with Gasteiger partial charge in [-0.15, -0.1) is 11.3 Å². The number of hydrogen-bond acceptors (Lipinski definition) is 5. The Morgan fingerprint density at radius 2 is 2.26 bits per heavy atom. The molecule has 19 heavy (non-hydrogen) atoms. The number of anilines is 1. The Kier molecular flexibility index (Phi) is 3.43. The van der Waals surface area contributed by atoms with Crippen molar-refractivity contribution in [3.63, 3.8) is 0 Å². The van der Waals surface area contributed by atoms with Crippen molar-refractivity contribution in [3.05, 3.63) is 46.6 Å². The molecule has 3 N–H and O–H groups in total. The molecule has 6 heteroatoms. The van der Waals surface area contributed by atoms with Crippen molar-refractivity contribution in [2.24, 2.45) is 0 Å². The van der Waals surface area contributed by atoms with Crippen LogP contribution in [0.2, 0.25) is 0 Å². The molecule has 2 aromatic heterocycles. The van der Waals surface area contributed by atoms with E-state index in [-0.39, 0.29) is 5.91 Å². The Labute approximate surface area is 115 Å². The van der Waals surface area contributed by atoms with Crippen LogP contribution in [-0.2, 0) is 13.1 Å². The predicted octanol–water partition coefficient (Wildman–Crippen LogP) is 1.55. The average Bonchev–Trinajstić information content (AvgIpc) is 2.90. The molecule has 0 saturated carbocycles. The van der Waals surface area contributed by atoms with Gasteiger partial charge in [0.05, 0.1) is 16.5 Å². The maximum atomic E-state index is 12.1. The molecule has 2 aromatic rings. The number of nitrogens with zero attached hydrogens (tertiary/aromatic N) is 1. The lowest BCUT2D eigenvalue weighted by atomic mass is 10.2. The van der Waals surface area contributed by atoms with E-state index >= 15 is 0 Å². The molecule has 0 bridgehead atoms.